The first kappa shape index (κ1) is 28.4. The summed E-state index contributed by atoms with van der Waals surface area (Å²) in [6, 6.07) is 11.0. The molecule has 6 rings (SSSR count). The van der Waals surface area contributed by atoms with Crippen molar-refractivity contribution in [2.24, 2.45) is 11.8 Å². The zero-order valence-corrected chi connectivity index (χ0v) is 24.8. The summed E-state index contributed by atoms with van der Waals surface area (Å²) in [7, 11) is 0. The smallest absolute Gasteiger partial charge is 0.320 e. The third kappa shape index (κ3) is 6.07. The zero-order chi connectivity index (χ0) is 28.7. The van der Waals surface area contributed by atoms with Crippen molar-refractivity contribution < 1.29 is 14.3 Å². The molecule has 2 aromatic heterocycles. The second-order valence-corrected chi connectivity index (χ2v) is 13.9. The number of pyridine rings is 1. The molecule has 0 bridgehead atoms. The second kappa shape index (κ2) is 11.5. The highest BCUT2D eigenvalue weighted by molar-refractivity contribution is 5.73. The fourth-order valence-corrected chi connectivity index (χ4v) is 7.42. The van der Waals surface area contributed by atoms with E-state index in [9.17, 15) is 14.3 Å². The van der Waals surface area contributed by atoms with E-state index in [1.54, 1.807) is 12.1 Å². The van der Waals surface area contributed by atoms with Crippen LogP contribution in [0.5, 0.6) is 0 Å². The number of hydrogen-bond donors (Lipinski definition) is 1. The first-order chi connectivity index (χ1) is 19.7. The third-order valence-electron chi connectivity index (χ3n) is 10.2. The van der Waals surface area contributed by atoms with E-state index in [1.807, 2.05) is 6.07 Å². The summed E-state index contributed by atoms with van der Waals surface area (Å²) in [4.78, 5) is 21.8. The summed E-state index contributed by atoms with van der Waals surface area (Å²) < 4.78 is 16.5. The predicted octanol–water partition coefficient (Wildman–Crippen LogP) is 6.31. The van der Waals surface area contributed by atoms with Gasteiger partial charge >= 0.3 is 5.97 Å². The van der Waals surface area contributed by atoms with Gasteiger partial charge in [-0.2, -0.15) is 0 Å². The first-order valence-electron chi connectivity index (χ1n) is 15.6. The summed E-state index contributed by atoms with van der Waals surface area (Å²) in [6.45, 7) is 11.1. The number of fused-ring (bicyclic) bond motifs is 1. The number of aromatic nitrogens is 2. The van der Waals surface area contributed by atoms with Crippen LogP contribution in [0.4, 0.5) is 4.39 Å². The van der Waals surface area contributed by atoms with Gasteiger partial charge < -0.3 is 14.4 Å². The Hall–Kier alpha value is -2.77. The molecule has 0 radical (unpaired) electrons. The van der Waals surface area contributed by atoms with Crippen LogP contribution in [0, 0.1) is 17.7 Å². The minimum atomic E-state index is -0.709. The Morgan fingerprint density at radius 3 is 2.54 bits per heavy atom. The lowest BCUT2D eigenvalue weighted by Crippen LogP contribution is -2.43. The van der Waals surface area contributed by atoms with E-state index in [2.05, 4.69) is 59.5 Å². The largest absolute Gasteiger partial charge is 0.480 e. The number of benzene rings is 1. The highest BCUT2D eigenvalue weighted by Crippen LogP contribution is 2.39. The van der Waals surface area contributed by atoms with Crippen molar-refractivity contribution in [3.63, 3.8) is 0 Å². The molecule has 2 saturated heterocycles. The molecular weight excluding hydrogens is 515 g/mol. The highest BCUT2D eigenvalue weighted by atomic mass is 19.1. The molecule has 0 spiro atoms. The maximum absolute atomic E-state index is 14.3. The van der Waals surface area contributed by atoms with Crippen molar-refractivity contribution in [1.82, 2.24) is 19.2 Å². The number of hydrogen-bond acceptors (Lipinski definition) is 4. The van der Waals surface area contributed by atoms with Crippen LogP contribution < -0.4 is 0 Å². The van der Waals surface area contributed by atoms with Gasteiger partial charge in [0.15, 0.2) is 0 Å². The van der Waals surface area contributed by atoms with Crippen LogP contribution in [0.3, 0.4) is 0 Å². The Kier molecular flexibility index (Phi) is 7.94. The average Bonchev–Trinajstić information content (AvgIpc) is 3.52. The molecule has 1 aliphatic carbocycles. The first-order valence-corrected chi connectivity index (χ1v) is 15.6. The number of aliphatic carboxylic acids is 1. The molecule has 3 aliphatic rings. The summed E-state index contributed by atoms with van der Waals surface area (Å²) in [5.74, 6) is 0.498. The van der Waals surface area contributed by atoms with E-state index in [1.165, 1.54) is 23.7 Å². The normalized spacial score (nSPS) is 24.1. The summed E-state index contributed by atoms with van der Waals surface area (Å²) in [5, 5.41) is 10.1. The van der Waals surface area contributed by atoms with Crippen molar-refractivity contribution >= 4 is 11.6 Å². The Morgan fingerprint density at radius 1 is 1.10 bits per heavy atom. The number of rotatable bonds is 8. The van der Waals surface area contributed by atoms with Gasteiger partial charge in [0.2, 0.25) is 0 Å². The molecule has 2 aliphatic heterocycles. The number of carboxylic acid groups (broad SMARTS) is 1. The molecule has 4 heterocycles. The Balaban J connectivity index is 1.14. The number of imidazole rings is 1. The molecule has 1 saturated carbocycles. The zero-order valence-electron chi connectivity index (χ0n) is 24.8. The molecule has 3 fully saturated rings. The minimum Gasteiger partial charge on any atom is -0.480 e. The van der Waals surface area contributed by atoms with Gasteiger partial charge in [0.25, 0.3) is 0 Å². The molecule has 3 atom stereocenters. The van der Waals surface area contributed by atoms with Crippen LogP contribution in [-0.4, -0.2) is 69.0 Å². The number of halogens is 1. The van der Waals surface area contributed by atoms with Crippen molar-refractivity contribution in [2.75, 3.05) is 32.7 Å². The van der Waals surface area contributed by atoms with Crippen molar-refractivity contribution in [3.05, 3.63) is 71.4 Å². The highest BCUT2D eigenvalue weighted by Gasteiger charge is 2.41. The van der Waals surface area contributed by atoms with Crippen molar-refractivity contribution in [3.8, 4) is 0 Å². The molecule has 7 heteroatoms. The molecule has 0 unspecified atom stereocenters. The van der Waals surface area contributed by atoms with E-state index in [0.717, 1.165) is 69.5 Å². The van der Waals surface area contributed by atoms with Gasteiger partial charge in [-0.15, -0.1) is 0 Å². The van der Waals surface area contributed by atoms with Gasteiger partial charge in [-0.25, -0.2) is 9.37 Å². The number of likely N-dealkylation sites (tertiary alicyclic amines) is 2. The van der Waals surface area contributed by atoms with E-state index in [4.69, 9.17) is 4.98 Å². The topological polar surface area (TPSA) is 61.1 Å². The average molecular weight is 561 g/mol. The van der Waals surface area contributed by atoms with E-state index < -0.39 is 12.0 Å². The Bertz CT molecular complexity index is 1370. The van der Waals surface area contributed by atoms with Crippen LogP contribution in [-0.2, 0) is 10.2 Å². The molecule has 0 amide bonds. The molecule has 3 aromatic rings. The molecule has 6 nitrogen and oxygen atoms in total. The quantitative estimate of drug-likeness (QED) is 0.350. The van der Waals surface area contributed by atoms with Crippen LogP contribution >= 0.6 is 0 Å². The fraction of sp³-hybridized carbons (Fsp3) is 0.588. The standard InChI is InChI=1S/C34H45FN4O2/c1-34(2,3)27-12-15-39-31(19-36-32(39)18-27)24-10-13-37(14-11-24)20-26-21-38(30(33(40)41)16-23-6-4-7-23)22-29(26)25-8-5-9-28(35)17-25/h5,8-9,12,15,17-19,23-24,26,29-30H,4,6-7,10-11,13-14,16,20-22H2,1-3H3,(H,40,41)/t26-,29+,30+/m0/s1. The van der Waals surface area contributed by atoms with Gasteiger partial charge in [-0.05, 0) is 85.0 Å². The van der Waals surface area contributed by atoms with E-state index >= 15 is 0 Å². The lowest BCUT2D eigenvalue weighted by Gasteiger charge is -2.35. The van der Waals surface area contributed by atoms with Gasteiger partial charge in [0.05, 0.1) is 0 Å². The monoisotopic (exact) mass is 560 g/mol. The van der Waals surface area contributed by atoms with Crippen LogP contribution in [0.25, 0.3) is 5.65 Å². The summed E-state index contributed by atoms with van der Waals surface area (Å²) >= 11 is 0. The molecule has 41 heavy (non-hydrogen) atoms. The third-order valence-corrected chi connectivity index (χ3v) is 10.2. The van der Waals surface area contributed by atoms with Crippen LogP contribution in [0.1, 0.15) is 88.0 Å². The SMILES string of the molecule is CC(C)(C)c1ccn2c(C3CCN(C[C@H]4CN([C@H](CC5CCC5)C(=O)O)C[C@@H]4c4cccc(F)c4)CC3)cnc2c1. The fourth-order valence-electron chi connectivity index (χ4n) is 7.42. The van der Waals surface area contributed by atoms with Gasteiger partial charge in [-0.1, -0.05) is 52.2 Å². The summed E-state index contributed by atoms with van der Waals surface area (Å²) in [5.41, 5.74) is 4.72. The lowest BCUT2D eigenvalue weighted by atomic mass is 9.80. The second-order valence-electron chi connectivity index (χ2n) is 13.9. The van der Waals surface area contributed by atoms with Gasteiger partial charge in [0.1, 0.15) is 17.5 Å². The number of nitrogens with zero attached hydrogens (tertiary/aromatic N) is 4. The predicted molar refractivity (Wildman–Crippen MR) is 160 cm³/mol. The van der Waals surface area contributed by atoms with Crippen LogP contribution in [0.2, 0.25) is 0 Å². The van der Waals surface area contributed by atoms with Crippen LogP contribution in [0.15, 0.2) is 48.8 Å². The van der Waals surface area contributed by atoms with E-state index in [-0.39, 0.29) is 23.1 Å². The number of carboxylic acids is 1. The number of piperidine rings is 1. The summed E-state index contributed by atoms with van der Waals surface area (Å²) in [6.07, 6.45) is 10.6. The number of carbonyl (C=O) groups is 1. The van der Waals surface area contributed by atoms with Crippen molar-refractivity contribution in [1.29, 1.82) is 0 Å². The molecule has 1 aromatic carbocycles. The molecule has 1 N–H and O–H groups in total. The Labute approximate surface area is 243 Å². The van der Waals surface area contributed by atoms with Gasteiger partial charge in [0, 0.05) is 49.6 Å². The maximum Gasteiger partial charge on any atom is 0.320 e. The molecule has 220 valence electrons. The minimum absolute atomic E-state index is 0.0973. The van der Waals surface area contributed by atoms with Gasteiger partial charge in [-0.3, -0.25) is 9.69 Å². The van der Waals surface area contributed by atoms with E-state index in [0.29, 0.717) is 18.4 Å². The van der Waals surface area contributed by atoms with Crippen molar-refractivity contribution in [2.45, 2.75) is 82.6 Å². The Morgan fingerprint density at radius 2 is 1.88 bits per heavy atom. The molecular formula is C34H45FN4O2. The lowest BCUT2D eigenvalue weighted by molar-refractivity contribution is -0.144. The maximum atomic E-state index is 14.3.